The Kier molecular flexibility index (Phi) is 5.30. The minimum Gasteiger partial charge on any atom is -0.378 e. The Morgan fingerprint density at radius 2 is 1.94 bits per heavy atom. The second-order valence-electron chi connectivity index (χ2n) is 6.20. The van der Waals surface area contributed by atoms with Crippen molar-refractivity contribution in [1.29, 1.82) is 0 Å². The van der Waals surface area contributed by atoms with Gasteiger partial charge in [-0.25, -0.2) is 0 Å². The molecule has 2 fully saturated rings. The van der Waals surface area contributed by atoms with Gasteiger partial charge >= 0.3 is 0 Å². The Morgan fingerprint density at radius 1 is 1.06 bits per heavy atom. The monoisotopic (exact) mass is 239 g/mol. The van der Waals surface area contributed by atoms with Crippen LogP contribution in [0.2, 0.25) is 0 Å². The topological polar surface area (TPSA) is 21.3 Å². The third-order valence-corrected chi connectivity index (χ3v) is 4.77. The van der Waals surface area contributed by atoms with Crippen molar-refractivity contribution in [2.75, 3.05) is 13.2 Å². The maximum absolute atomic E-state index is 5.77. The number of nitrogens with one attached hydrogen (secondary N) is 1. The van der Waals surface area contributed by atoms with E-state index in [9.17, 15) is 0 Å². The van der Waals surface area contributed by atoms with Gasteiger partial charge in [0.25, 0.3) is 0 Å². The first-order chi connectivity index (χ1) is 8.25. The first-order valence-corrected chi connectivity index (χ1v) is 7.60. The van der Waals surface area contributed by atoms with Crippen molar-refractivity contribution in [3.63, 3.8) is 0 Å². The fraction of sp³-hybridized carbons (Fsp3) is 1.00. The van der Waals surface area contributed by atoms with E-state index in [1.165, 1.54) is 44.9 Å². The molecule has 1 saturated carbocycles. The van der Waals surface area contributed by atoms with Crippen LogP contribution >= 0.6 is 0 Å². The van der Waals surface area contributed by atoms with Crippen LogP contribution in [0.25, 0.3) is 0 Å². The summed E-state index contributed by atoms with van der Waals surface area (Å²) in [6.45, 7) is 6.94. The molecule has 2 nitrogen and oxygen atoms in total. The number of hydrogen-bond donors (Lipinski definition) is 1. The molecule has 4 unspecified atom stereocenters. The van der Waals surface area contributed by atoms with Gasteiger partial charge in [-0.1, -0.05) is 13.8 Å². The Hall–Kier alpha value is -0.0800. The van der Waals surface area contributed by atoms with E-state index in [0.717, 1.165) is 31.0 Å². The van der Waals surface area contributed by atoms with Crippen molar-refractivity contribution in [3.05, 3.63) is 0 Å². The SMILES string of the molecule is CC1CCC(NCCC2CCCCO2)CC1C. The second kappa shape index (κ2) is 6.75. The van der Waals surface area contributed by atoms with Crippen LogP contribution in [0.5, 0.6) is 0 Å². The standard InChI is InChI=1S/C15H29NO/c1-12-6-7-14(11-13(12)2)16-9-8-15-5-3-4-10-17-15/h12-16H,3-11H2,1-2H3. The lowest BCUT2D eigenvalue weighted by Gasteiger charge is -2.33. The van der Waals surface area contributed by atoms with E-state index in [-0.39, 0.29) is 0 Å². The molecule has 0 spiro atoms. The highest BCUT2D eigenvalue weighted by Crippen LogP contribution is 2.29. The lowest BCUT2D eigenvalue weighted by molar-refractivity contribution is 0.0108. The molecule has 0 aromatic heterocycles. The summed E-state index contributed by atoms with van der Waals surface area (Å²) in [6, 6.07) is 0.768. The average molecular weight is 239 g/mol. The Balaban J connectivity index is 1.58. The van der Waals surface area contributed by atoms with Crippen LogP contribution in [-0.2, 0) is 4.74 Å². The van der Waals surface area contributed by atoms with E-state index in [4.69, 9.17) is 4.74 Å². The minimum atomic E-state index is 0.538. The summed E-state index contributed by atoms with van der Waals surface area (Å²) in [5.41, 5.74) is 0. The van der Waals surface area contributed by atoms with Crippen LogP contribution in [0.15, 0.2) is 0 Å². The Bertz CT molecular complexity index is 213. The van der Waals surface area contributed by atoms with Gasteiger partial charge in [0.2, 0.25) is 0 Å². The molecule has 17 heavy (non-hydrogen) atoms. The smallest absolute Gasteiger partial charge is 0.0587 e. The molecular formula is C15H29NO. The molecule has 1 aliphatic carbocycles. The van der Waals surface area contributed by atoms with E-state index in [2.05, 4.69) is 19.2 Å². The summed E-state index contributed by atoms with van der Waals surface area (Å²) in [7, 11) is 0. The quantitative estimate of drug-likeness (QED) is 0.812. The van der Waals surface area contributed by atoms with Crippen LogP contribution in [0.1, 0.15) is 58.8 Å². The molecule has 1 N–H and O–H groups in total. The molecule has 0 aromatic rings. The molecule has 2 rings (SSSR count). The highest BCUT2D eigenvalue weighted by Gasteiger charge is 2.24. The van der Waals surface area contributed by atoms with Crippen LogP contribution < -0.4 is 5.32 Å². The zero-order valence-electron chi connectivity index (χ0n) is 11.6. The second-order valence-corrected chi connectivity index (χ2v) is 6.20. The molecule has 1 heterocycles. The fourth-order valence-corrected chi connectivity index (χ4v) is 3.22. The van der Waals surface area contributed by atoms with Gasteiger partial charge in [-0.05, 0) is 63.3 Å². The summed E-state index contributed by atoms with van der Waals surface area (Å²) in [5, 5.41) is 3.74. The molecule has 4 atom stereocenters. The van der Waals surface area contributed by atoms with Crippen molar-refractivity contribution in [2.45, 2.75) is 70.9 Å². The summed E-state index contributed by atoms with van der Waals surface area (Å²) in [6.07, 6.45) is 9.80. The summed E-state index contributed by atoms with van der Waals surface area (Å²) in [4.78, 5) is 0. The molecule has 1 aliphatic heterocycles. The lowest BCUT2D eigenvalue weighted by Crippen LogP contribution is -2.38. The summed E-state index contributed by atoms with van der Waals surface area (Å²) in [5.74, 6) is 1.82. The Morgan fingerprint density at radius 3 is 2.65 bits per heavy atom. The van der Waals surface area contributed by atoms with Crippen LogP contribution in [0, 0.1) is 11.8 Å². The van der Waals surface area contributed by atoms with Crippen LogP contribution in [-0.4, -0.2) is 25.3 Å². The Labute approximate surface area is 107 Å². The number of rotatable bonds is 4. The van der Waals surface area contributed by atoms with Gasteiger partial charge in [-0.3, -0.25) is 0 Å². The van der Waals surface area contributed by atoms with Gasteiger partial charge in [-0.2, -0.15) is 0 Å². The van der Waals surface area contributed by atoms with Crippen molar-refractivity contribution < 1.29 is 4.74 Å². The van der Waals surface area contributed by atoms with Crippen LogP contribution in [0.4, 0.5) is 0 Å². The first-order valence-electron chi connectivity index (χ1n) is 7.60. The zero-order chi connectivity index (χ0) is 12.1. The first kappa shape index (κ1) is 13.4. The summed E-state index contributed by atoms with van der Waals surface area (Å²) >= 11 is 0. The number of hydrogen-bond acceptors (Lipinski definition) is 2. The highest BCUT2D eigenvalue weighted by molar-refractivity contribution is 4.80. The van der Waals surface area contributed by atoms with Gasteiger partial charge in [-0.15, -0.1) is 0 Å². The predicted octanol–water partition coefficient (Wildman–Crippen LogP) is 3.36. The zero-order valence-corrected chi connectivity index (χ0v) is 11.6. The fourth-order valence-electron chi connectivity index (χ4n) is 3.22. The van der Waals surface area contributed by atoms with Gasteiger partial charge in [0, 0.05) is 12.6 Å². The molecule has 0 radical (unpaired) electrons. The van der Waals surface area contributed by atoms with Gasteiger partial charge in [0.1, 0.15) is 0 Å². The van der Waals surface area contributed by atoms with E-state index < -0.39 is 0 Å². The third kappa shape index (κ3) is 4.26. The molecular weight excluding hydrogens is 210 g/mol. The lowest BCUT2D eigenvalue weighted by atomic mass is 9.79. The van der Waals surface area contributed by atoms with Crippen molar-refractivity contribution in [1.82, 2.24) is 5.32 Å². The predicted molar refractivity (Wildman–Crippen MR) is 72.2 cm³/mol. The summed E-state index contributed by atoms with van der Waals surface area (Å²) < 4.78 is 5.77. The average Bonchev–Trinajstić information content (AvgIpc) is 2.35. The normalized spacial score (nSPS) is 39.2. The highest BCUT2D eigenvalue weighted by atomic mass is 16.5. The van der Waals surface area contributed by atoms with Crippen molar-refractivity contribution >= 4 is 0 Å². The third-order valence-electron chi connectivity index (χ3n) is 4.77. The van der Waals surface area contributed by atoms with E-state index in [0.29, 0.717) is 6.10 Å². The van der Waals surface area contributed by atoms with Crippen molar-refractivity contribution in [2.24, 2.45) is 11.8 Å². The van der Waals surface area contributed by atoms with Gasteiger partial charge < -0.3 is 10.1 Å². The minimum absolute atomic E-state index is 0.538. The molecule has 0 bridgehead atoms. The maximum Gasteiger partial charge on any atom is 0.0587 e. The van der Waals surface area contributed by atoms with E-state index >= 15 is 0 Å². The molecule has 2 aliphatic rings. The van der Waals surface area contributed by atoms with Gasteiger partial charge in [0.05, 0.1) is 6.10 Å². The van der Waals surface area contributed by atoms with Gasteiger partial charge in [0.15, 0.2) is 0 Å². The maximum atomic E-state index is 5.77. The number of ether oxygens (including phenoxy) is 1. The largest absolute Gasteiger partial charge is 0.378 e. The van der Waals surface area contributed by atoms with Crippen LogP contribution in [0.3, 0.4) is 0 Å². The molecule has 1 saturated heterocycles. The molecule has 2 heteroatoms. The molecule has 0 aromatic carbocycles. The van der Waals surface area contributed by atoms with E-state index in [1.807, 2.05) is 0 Å². The molecule has 100 valence electrons. The van der Waals surface area contributed by atoms with E-state index in [1.54, 1.807) is 0 Å². The van der Waals surface area contributed by atoms with Crippen molar-refractivity contribution in [3.8, 4) is 0 Å². The molecule has 0 amide bonds.